The molecule has 1 saturated heterocycles. The molecule has 0 bridgehead atoms. The van der Waals surface area contributed by atoms with Crippen LogP contribution in [0.15, 0.2) is 47.8 Å². The van der Waals surface area contributed by atoms with Crippen molar-refractivity contribution < 1.29 is 0 Å². The first-order valence-electron chi connectivity index (χ1n) is 8.18. The van der Waals surface area contributed by atoms with Gasteiger partial charge in [0.25, 0.3) is 0 Å². The van der Waals surface area contributed by atoms with Crippen molar-refractivity contribution in [2.75, 3.05) is 31.1 Å². The van der Waals surface area contributed by atoms with Crippen molar-refractivity contribution in [2.24, 2.45) is 0 Å². The number of para-hydroxylation sites is 1. The van der Waals surface area contributed by atoms with Gasteiger partial charge in [-0.05, 0) is 34.0 Å². The molecule has 132 valence electrons. The first kappa shape index (κ1) is 17.8. The van der Waals surface area contributed by atoms with E-state index in [1.165, 1.54) is 10.6 Å². The van der Waals surface area contributed by atoms with E-state index in [0.717, 1.165) is 45.1 Å². The van der Waals surface area contributed by atoms with E-state index >= 15 is 0 Å². The Morgan fingerprint density at radius 3 is 2.44 bits per heavy atom. The Kier molecular flexibility index (Phi) is 6.01. The minimum absolute atomic E-state index is 0. The number of benzene rings is 1. The zero-order valence-corrected chi connectivity index (χ0v) is 15.5. The average molecular weight is 377 g/mol. The molecule has 0 amide bonds. The van der Waals surface area contributed by atoms with Gasteiger partial charge in [0.2, 0.25) is 0 Å². The van der Waals surface area contributed by atoms with E-state index in [4.69, 9.17) is 0 Å². The van der Waals surface area contributed by atoms with Gasteiger partial charge in [-0.15, -0.1) is 28.8 Å². The lowest BCUT2D eigenvalue weighted by Crippen LogP contribution is -2.46. The predicted octanol–water partition coefficient (Wildman–Crippen LogP) is 2.53. The van der Waals surface area contributed by atoms with E-state index in [2.05, 4.69) is 73.2 Å². The molecule has 0 aliphatic carbocycles. The molecule has 0 N–H and O–H groups in total. The monoisotopic (exact) mass is 376 g/mol. The van der Waals surface area contributed by atoms with Gasteiger partial charge in [-0.2, -0.15) is 0 Å². The van der Waals surface area contributed by atoms with Crippen LogP contribution in [0, 0.1) is 0 Å². The number of piperazine rings is 1. The molecule has 0 saturated carbocycles. The molecule has 0 unspecified atom stereocenters. The van der Waals surface area contributed by atoms with Crippen molar-refractivity contribution in [3.63, 3.8) is 0 Å². The van der Waals surface area contributed by atoms with Crippen LogP contribution in [-0.4, -0.2) is 51.3 Å². The molecule has 6 nitrogen and oxygen atoms in total. The van der Waals surface area contributed by atoms with E-state index in [1.54, 1.807) is 11.3 Å². The van der Waals surface area contributed by atoms with Crippen LogP contribution in [0.3, 0.4) is 0 Å². The molecule has 1 aromatic carbocycles. The van der Waals surface area contributed by atoms with Gasteiger partial charge in [-0.3, -0.25) is 4.90 Å². The number of hydrogen-bond donors (Lipinski definition) is 0. The third-order valence-electron chi connectivity index (χ3n) is 4.35. The second-order valence-corrected chi connectivity index (χ2v) is 6.96. The van der Waals surface area contributed by atoms with Gasteiger partial charge in [0.05, 0.1) is 13.1 Å². The number of anilines is 1. The molecule has 3 aromatic rings. The van der Waals surface area contributed by atoms with Crippen LogP contribution in [0.25, 0.3) is 0 Å². The minimum atomic E-state index is 0. The van der Waals surface area contributed by atoms with Crippen molar-refractivity contribution in [1.82, 2.24) is 25.1 Å². The average Bonchev–Trinajstić information content (AvgIpc) is 3.29. The highest BCUT2D eigenvalue weighted by molar-refractivity contribution is 7.09. The van der Waals surface area contributed by atoms with Crippen LogP contribution in [0.1, 0.15) is 10.7 Å². The van der Waals surface area contributed by atoms with Crippen molar-refractivity contribution in [1.29, 1.82) is 0 Å². The maximum atomic E-state index is 4.22. The summed E-state index contributed by atoms with van der Waals surface area (Å²) in [6, 6.07) is 14.8. The highest BCUT2D eigenvalue weighted by atomic mass is 35.5. The Hall–Kier alpha value is -1.96. The van der Waals surface area contributed by atoms with Crippen molar-refractivity contribution >= 4 is 29.4 Å². The third kappa shape index (κ3) is 4.36. The van der Waals surface area contributed by atoms with Crippen LogP contribution < -0.4 is 4.90 Å². The van der Waals surface area contributed by atoms with Gasteiger partial charge >= 0.3 is 0 Å². The summed E-state index contributed by atoms with van der Waals surface area (Å²) in [5.74, 6) is 0.941. The smallest absolute Gasteiger partial charge is 0.165 e. The first-order valence-corrected chi connectivity index (χ1v) is 9.06. The number of halogens is 1. The van der Waals surface area contributed by atoms with Gasteiger partial charge in [-0.1, -0.05) is 24.3 Å². The highest BCUT2D eigenvalue weighted by Gasteiger charge is 2.19. The number of thiophene rings is 1. The number of aromatic nitrogens is 4. The summed E-state index contributed by atoms with van der Waals surface area (Å²) in [7, 11) is 0. The van der Waals surface area contributed by atoms with Gasteiger partial charge < -0.3 is 4.90 Å². The molecule has 0 atom stereocenters. The lowest BCUT2D eigenvalue weighted by atomic mass is 10.2. The Morgan fingerprint density at radius 2 is 1.72 bits per heavy atom. The van der Waals surface area contributed by atoms with Crippen LogP contribution in [0.4, 0.5) is 5.69 Å². The summed E-state index contributed by atoms with van der Waals surface area (Å²) >= 11 is 1.74. The van der Waals surface area contributed by atoms with E-state index < -0.39 is 0 Å². The van der Waals surface area contributed by atoms with Crippen molar-refractivity contribution in [2.45, 2.75) is 13.1 Å². The molecule has 1 aliphatic heterocycles. The summed E-state index contributed by atoms with van der Waals surface area (Å²) < 4.78 is 1.91. The fourth-order valence-electron chi connectivity index (χ4n) is 3.01. The number of nitrogens with zero attached hydrogens (tertiary/aromatic N) is 6. The fraction of sp³-hybridized carbons (Fsp3) is 0.353. The van der Waals surface area contributed by atoms with Gasteiger partial charge in [0.1, 0.15) is 0 Å². The molecule has 25 heavy (non-hydrogen) atoms. The first-order chi connectivity index (χ1) is 11.9. The molecule has 1 fully saturated rings. The normalized spacial score (nSPS) is 15.1. The Labute approximate surface area is 157 Å². The number of tetrazole rings is 1. The number of hydrogen-bond acceptors (Lipinski definition) is 6. The molecule has 0 radical (unpaired) electrons. The second-order valence-electron chi connectivity index (χ2n) is 5.93. The summed E-state index contributed by atoms with van der Waals surface area (Å²) in [5.41, 5.74) is 1.31. The zero-order chi connectivity index (χ0) is 16.2. The summed E-state index contributed by atoms with van der Waals surface area (Å²) in [5, 5.41) is 14.3. The third-order valence-corrected chi connectivity index (χ3v) is 5.21. The minimum Gasteiger partial charge on any atom is -0.369 e. The molecule has 3 heterocycles. The van der Waals surface area contributed by atoms with E-state index in [9.17, 15) is 0 Å². The molecule has 1 aliphatic rings. The Balaban J connectivity index is 0.00000182. The summed E-state index contributed by atoms with van der Waals surface area (Å²) in [6.45, 7) is 5.69. The second kappa shape index (κ2) is 8.42. The largest absolute Gasteiger partial charge is 0.369 e. The van der Waals surface area contributed by atoms with E-state index in [0.29, 0.717) is 0 Å². The highest BCUT2D eigenvalue weighted by Crippen LogP contribution is 2.17. The van der Waals surface area contributed by atoms with Gasteiger partial charge in [0, 0.05) is 36.7 Å². The molecule has 8 heteroatoms. The molecule has 2 aromatic heterocycles. The van der Waals surface area contributed by atoms with Crippen LogP contribution >= 0.6 is 23.7 Å². The standard InChI is InChI=1S/C17H20N6S.ClH/c1-2-5-15(6-3-1)22-10-8-21(9-11-22)14-17-18-19-20-23(17)13-16-7-4-12-24-16;/h1-7,12H,8-11,13-14H2;1H. The van der Waals surface area contributed by atoms with E-state index in [-0.39, 0.29) is 12.4 Å². The van der Waals surface area contributed by atoms with Crippen LogP contribution in [0.5, 0.6) is 0 Å². The van der Waals surface area contributed by atoms with Crippen LogP contribution in [0.2, 0.25) is 0 Å². The molecule has 0 spiro atoms. The molecular formula is C17H21ClN6S. The maximum Gasteiger partial charge on any atom is 0.165 e. The van der Waals surface area contributed by atoms with Crippen molar-refractivity contribution in [3.8, 4) is 0 Å². The quantitative estimate of drug-likeness (QED) is 0.684. The van der Waals surface area contributed by atoms with Crippen LogP contribution in [-0.2, 0) is 13.1 Å². The topological polar surface area (TPSA) is 50.1 Å². The molecule has 4 rings (SSSR count). The lowest BCUT2D eigenvalue weighted by molar-refractivity contribution is 0.240. The van der Waals surface area contributed by atoms with Gasteiger partial charge in [-0.25, -0.2) is 4.68 Å². The van der Waals surface area contributed by atoms with E-state index in [1.807, 2.05) is 4.68 Å². The zero-order valence-electron chi connectivity index (χ0n) is 13.9. The molecular weight excluding hydrogens is 356 g/mol. The fourth-order valence-corrected chi connectivity index (χ4v) is 3.70. The Morgan fingerprint density at radius 1 is 0.920 bits per heavy atom. The van der Waals surface area contributed by atoms with Gasteiger partial charge in [0.15, 0.2) is 5.82 Å². The SMILES string of the molecule is Cl.c1ccc(N2CCN(Cc3nnnn3Cc3cccs3)CC2)cc1. The summed E-state index contributed by atoms with van der Waals surface area (Å²) in [6.07, 6.45) is 0. The summed E-state index contributed by atoms with van der Waals surface area (Å²) in [4.78, 5) is 6.14. The maximum absolute atomic E-state index is 4.22. The Bertz CT molecular complexity index is 753. The lowest BCUT2D eigenvalue weighted by Gasteiger charge is -2.35. The predicted molar refractivity (Wildman–Crippen MR) is 102 cm³/mol. The van der Waals surface area contributed by atoms with Crippen molar-refractivity contribution in [3.05, 3.63) is 58.5 Å². The number of rotatable bonds is 5.